The second kappa shape index (κ2) is 5.07. The van der Waals surface area contributed by atoms with E-state index in [0.29, 0.717) is 5.13 Å². The predicted molar refractivity (Wildman–Crippen MR) is 65.1 cm³/mol. The average molecular weight is 237 g/mol. The second-order valence-corrected chi connectivity index (χ2v) is 4.67. The first kappa shape index (κ1) is 11.1. The summed E-state index contributed by atoms with van der Waals surface area (Å²) in [5, 5.41) is 11.1. The van der Waals surface area contributed by atoms with Crippen LogP contribution in [0.5, 0.6) is 0 Å². The van der Waals surface area contributed by atoms with E-state index < -0.39 is 0 Å². The van der Waals surface area contributed by atoms with E-state index in [1.165, 1.54) is 24.2 Å². The molecule has 0 unspecified atom stereocenters. The molecule has 0 bridgehead atoms. The third-order valence-corrected chi connectivity index (χ3v) is 3.33. The molecule has 86 valence electrons. The Morgan fingerprint density at radius 2 is 2.31 bits per heavy atom. The predicted octanol–water partition coefficient (Wildman–Crippen LogP) is 2.24. The zero-order valence-electron chi connectivity index (χ0n) is 9.23. The Balaban J connectivity index is 2.17. The van der Waals surface area contributed by atoms with Gasteiger partial charge in [0, 0.05) is 0 Å². The molecule has 0 aromatic carbocycles. The number of rotatable bonds is 5. The molecule has 2 rings (SSSR count). The van der Waals surface area contributed by atoms with E-state index in [-0.39, 0.29) is 0 Å². The fourth-order valence-corrected chi connectivity index (χ4v) is 2.43. The molecule has 2 aromatic heterocycles. The summed E-state index contributed by atoms with van der Waals surface area (Å²) in [6.07, 6.45) is 6.24. The monoisotopic (exact) mass is 237 g/mol. The van der Waals surface area contributed by atoms with Crippen LogP contribution in [0, 0.1) is 0 Å². The number of nitrogens with one attached hydrogen (secondary N) is 1. The van der Waals surface area contributed by atoms with Crippen LogP contribution in [0.1, 0.15) is 31.9 Å². The van der Waals surface area contributed by atoms with Crippen LogP contribution in [-0.2, 0) is 6.42 Å². The molecule has 0 fully saturated rings. The zero-order valence-corrected chi connectivity index (χ0v) is 10.0. The van der Waals surface area contributed by atoms with Gasteiger partial charge >= 0.3 is 0 Å². The van der Waals surface area contributed by atoms with Crippen molar-refractivity contribution in [2.24, 2.45) is 0 Å². The van der Waals surface area contributed by atoms with Gasteiger partial charge in [-0.15, -0.1) is 0 Å². The van der Waals surface area contributed by atoms with Crippen molar-refractivity contribution in [2.75, 3.05) is 5.73 Å². The maximum atomic E-state index is 5.74. The summed E-state index contributed by atoms with van der Waals surface area (Å²) < 4.78 is 0. The molecule has 0 aliphatic rings. The number of hydrogen-bond acceptors (Lipinski definition) is 5. The van der Waals surface area contributed by atoms with E-state index in [4.69, 9.17) is 5.73 Å². The Bertz CT molecular complexity index is 434. The number of anilines is 1. The molecular formula is C10H15N5S. The van der Waals surface area contributed by atoms with Gasteiger partial charge in [-0.2, -0.15) is 15.4 Å². The van der Waals surface area contributed by atoms with Crippen molar-refractivity contribution in [1.82, 2.24) is 20.4 Å². The fraction of sp³-hybridized carbons (Fsp3) is 0.500. The minimum Gasteiger partial charge on any atom is -0.375 e. The van der Waals surface area contributed by atoms with Crippen LogP contribution in [0.4, 0.5) is 5.13 Å². The number of nitrogens with two attached hydrogens (primary N) is 1. The van der Waals surface area contributed by atoms with Gasteiger partial charge in [-0.05, 0) is 12.8 Å². The highest BCUT2D eigenvalue weighted by Gasteiger charge is 2.13. The van der Waals surface area contributed by atoms with E-state index in [0.717, 1.165) is 29.1 Å². The highest BCUT2D eigenvalue weighted by atomic mass is 32.1. The highest BCUT2D eigenvalue weighted by Crippen LogP contribution is 2.30. The van der Waals surface area contributed by atoms with Gasteiger partial charge in [0.15, 0.2) is 5.13 Å². The third kappa shape index (κ3) is 2.38. The fourth-order valence-electron chi connectivity index (χ4n) is 1.59. The molecule has 16 heavy (non-hydrogen) atoms. The summed E-state index contributed by atoms with van der Waals surface area (Å²) in [6, 6.07) is 0. The lowest BCUT2D eigenvalue weighted by Gasteiger charge is -1.98. The zero-order chi connectivity index (χ0) is 11.4. The van der Waals surface area contributed by atoms with Crippen LogP contribution in [0.25, 0.3) is 10.6 Å². The van der Waals surface area contributed by atoms with Gasteiger partial charge in [-0.1, -0.05) is 31.1 Å². The Labute approximate surface area is 98.1 Å². The van der Waals surface area contributed by atoms with Gasteiger partial charge in [0.05, 0.1) is 16.8 Å². The molecule has 0 amide bonds. The summed E-state index contributed by atoms with van der Waals surface area (Å²) in [4.78, 5) is 5.40. The minimum absolute atomic E-state index is 0.601. The molecule has 0 saturated carbocycles. The van der Waals surface area contributed by atoms with Gasteiger partial charge in [-0.3, -0.25) is 0 Å². The van der Waals surface area contributed by atoms with Crippen LogP contribution in [0.15, 0.2) is 6.20 Å². The molecule has 2 aromatic rings. The number of hydrogen-bond donors (Lipinski definition) is 2. The summed E-state index contributed by atoms with van der Waals surface area (Å²) >= 11 is 1.47. The minimum atomic E-state index is 0.601. The van der Waals surface area contributed by atoms with E-state index in [1.54, 1.807) is 6.20 Å². The number of aromatic amines is 1. The van der Waals surface area contributed by atoms with Crippen LogP contribution < -0.4 is 5.73 Å². The van der Waals surface area contributed by atoms with E-state index in [9.17, 15) is 0 Å². The summed E-state index contributed by atoms with van der Waals surface area (Å²) in [5.74, 6) is 0. The van der Waals surface area contributed by atoms with E-state index in [1.807, 2.05) is 0 Å². The first-order valence-corrected chi connectivity index (χ1v) is 6.24. The molecule has 0 aliphatic carbocycles. The van der Waals surface area contributed by atoms with Gasteiger partial charge in [0.25, 0.3) is 0 Å². The number of nitrogen functional groups attached to an aromatic ring is 1. The first-order valence-electron chi connectivity index (χ1n) is 5.42. The largest absolute Gasteiger partial charge is 0.375 e. The van der Waals surface area contributed by atoms with Crippen molar-refractivity contribution < 1.29 is 0 Å². The Kier molecular flexibility index (Phi) is 3.51. The normalized spacial score (nSPS) is 10.8. The lowest BCUT2D eigenvalue weighted by Crippen LogP contribution is -1.90. The van der Waals surface area contributed by atoms with Crippen molar-refractivity contribution in [2.45, 2.75) is 32.6 Å². The smallest absolute Gasteiger partial charge is 0.180 e. The summed E-state index contributed by atoms with van der Waals surface area (Å²) in [5.41, 5.74) is 7.62. The Morgan fingerprint density at radius 3 is 3.00 bits per heavy atom. The molecule has 3 N–H and O–H groups in total. The van der Waals surface area contributed by atoms with Crippen molar-refractivity contribution in [3.63, 3.8) is 0 Å². The van der Waals surface area contributed by atoms with Crippen molar-refractivity contribution in [3.8, 4) is 10.6 Å². The molecular weight excluding hydrogens is 222 g/mol. The maximum absolute atomic E-state index is 5.74. The molecule has 0 aliphatic heterocycles. The topological polar surface area (TPSA) is 80.5 Å². The summed E-state index contributed by atoms with van der Waals surface area (Å²) in [7, 11) is 0. The number of aromatic nitrogens is 4. The number of aryl methyl sites for hydroxylation is 1. The number of H-pyrrole nitrogens is 1. The van der Waals surface area contributed by atoms with Crippen molar-refractivity contribution >= 4 is 16.5 Å². The van der Waals surface area contributed by atoms with Gasteiger partial charge in [0.1, 0.15) is 5.69 Å². The van der Waals surface area contributed by atoms with Gasteiger partial charge in [-0.25, -0.2) is 4.98 Å². The average Bonchev–Trinajstić information content (AvgIpc) is 2.87. The van der Waals surface area contributed by atoms with E-state index in [2.05, 4.69) is 27.3 Å². The van der Waals surface area contributed by atoms with Crippen LogP contribution in [0.2, 0.25) is 0 Å². The quantitative estimate of drug-likeness (QED) is 0.781. The number of unbranched alkanes of at least 4 members (excludes halogenated alkanes) is 2. The lowest BCUT2D eigenvalue weighted by molar-refractivity contribution is 0.710. The van der Waals surface area contributed by atoms with E-state index >= 15 is 0 Å². The van der Waals surface area contributed by atoms with Crippen LogP contribution >= 0.6 is 11.3 Å². The third-order valence-electron chi connectivity index (χ3n) is 2.38. The molecule has 0 atom stereocenters. The van der Waals surface area contributed by atoms with Crippen molar-refractivity contribution in [1.29, 1.82) is 0 Å². The Hall–Kier alpha value is -1.43. The highest BCUT2D eigenvalue weighted by molar-refractivity contribution is 7.18. The number of nitrogens with zero attached hydrogens (tertiary/aromatic N) is 3. The van der Waals surface area contributed by atoms with Gasteiger partial charge < -0.3 is 5.73 Å². The SMILES string of the molecule is CCCCCc1nc(N)sc1-c1cn[nH]n1. The van der Waals surface area contributed by atoms with Crippen LogP contribution in [0.3, 0.4) is 0 Å². The second-order valence-electron chi connectivity index (χ2n) is 3.64. The lowest BCUT2D eigenvalue weighted by atomic mass is 10.1. The van der Waals surface area contributed by atoms with Gasteiger partial charge in [0.2, 0.25) is 0 Å². The van der Waals surface area contributed by atoms with Crippen LogP contribution in [-0.4, -0.2) is 20.4 Å². The summed E-state index contributed by atoms with van der Waals surface area (Å²) in [6.45, 7) is 2.19. The molecule has 5 nitrogen and oxygen atoms in total. The molecule has 0 spiro atoms. The molecule has 0 saturated heterocycles. The number of thiazole rings is 1. The standard InChI is InChI=1S/C10H15N5S/c1-2-3-4-5-7-9(16-10(11)13-7)8-6-12-15-14-8/h6H,2-5H2,1H3,(H2,11,13)(H,12,14,15). The molecule has 0 radical (unpaired) electrons. The maximum Gasteiger partial charge on any atom is 0.180 e. The Morgan fingerprint density at radius 1 is 1.44 bits per heavy atom. The molecule has 6 heteroatoms. The first-order chi connectivity index (χ1) is 7.81. The van der Waals surface area contributed by atoms with Crippen molar-refractivity contribution in [3.05, 3.63) is 11.9 Å². The molecule has 2 heterocycles.